The van der Waals surface area contributed by atoms with Gasteiger partial charge in [0.1, 0.15) is 5.82 Å². The molecule has 1 unspecified atom stereocenters. The fourth-order valence-electron chi connectivity index (χ4n) is 2.47. The standard InChI is InChI=1S/C16H15FN2O/c1-10-6-7-11(17)8-15(10)19-16(20)13-9-18-14-5-3-2-4-12(13)14/h2-8,13,18H,9H2,1H3,(H,19,20). The molecule has 1 heterocycles. The van der Waals surface area contributed by atoms with Gasteiger partial charge in [0.05, 0.1) is 5.92 Å². The van der Waals surface area contributed by atoms with E-state index >= 15 is 0 Å². The van der Waals surface area contributed by atoms with E-state index in [1.807, 2.05) is 31.2 Å². The van der Waals surface area contributed by atoms with Crippen LogP contribution < -0.4 is 10.6 Å². The van der Waals surface area contributed by atoms with Crippen LogP contribution in [0.3, 0.4) is 0 Å². The third-order valence-corrected chi connectivity index (χ3v) is 3.61. The Bertz CT molecular complexity index is 669. The minimum atomic E-state index is -0.351. The van der Waals surface area contributed by atoms with Gasteiger partial charge in [0.2, 0.25) is 5.91 Å². The highest BCUT2D eigenvalue weighted by Crippen LogP contribution is 2.32. The number of amides is 1. The van der Waals surface area contributed by atoms with Crippen LogP contribution in [0.2, 0.25) is 0 Å². The summed E-state index contributed by atoms with van der Waals surface area (Å²) in [5, 5.41) is 6.02. The molecule has 1 atom stereocenters. The van der Waals surface area contributed by atoms with Crippen molar-refractivity contribution in [3.8, 4) is 0 Å². The van der Waals surface area contributed by atoms with Crippen molar-refractivity contribution in [2.75, 3.05) is 17.2 Å². The molecule has 4 heteroatoms. The molecule has 3 rings (SSSR count). The van der Waals surface area contributed by atoms with E-state index in [4.69, 9.17) is 0 Å². The number of anilines is 2. The van der Waals surface area contributed by atoms with Crippen molar-refractivity contribution in [2.45, 2.75) is 12.8 Å². The van der Waals surface area contributed by atoms with Crippen LogP contribution in [0.5, 0.6) is 0 Å². The van der Waals surface area contributed by atoms with Gasteiger partial charge in [-0.1, -0.05) is 24.3 Å². The zero-order valence-corrected chi connectivity index (χ0v) is 11.1. The van der Waals surface area contributed by atoms with E-state index in [-0.39, 0.29) is 17.6 Å². The Morgan fingerprint density at radius 3 is 2.95 bits per heavy atom. The van der Waals surface area contributed by atoms with Crippen LogP contribution >= 0.6 is 0 Å². The van der Waals surface area contributed by atoms with Crippen LogP contribution in [0.25, 0.3) is 0 Å². The number of carbonyl (C=O) groups excluding carboxylic acids is 1. The van der Waals surface area contributed by atoms with E-state index in [1.165, 1.54) is 12.1 Å². The van der Waals surface area contributed by atoms with E-state index in [0.29, 0.717) is 12.2 Å². The predicted molar refractivity (Wildman–Crippen MR) is 77.4 cm³/mol. The summed E-state index contributed by atoms with van der Waals surface area (Å²) in [6.45, 7) is 2.41. The summed E-state index contributed by atoms with van der Waals surface area (Å²) in [6.07, 6.45) is 0. The summed E-state index contributed by atoms with van der Waals surface area (Å²) >= 11 is 0. The number of para-hydroxylation sites is 1. The molecule has 0 saturated heterocycles. The van der Waals surface area contributed by atoms with E-state index in [1.54, 1.807) is 6.07 Å². The highest BCUT2D eigenvalue weighted by molar-refractivity contribution is 5.98. The lowest BCUT2D eigenvalue weighted by Crippen LogP contribution is -2.23. The number of nitrogens with one attached hydrogen (secondary N) is 2. The van der Waals surface area contributed by atoms with Crippen molar-refractivity contribution in [3.05, 3.63) is 59.4 Å². The van der Waals surface area contributed by atoms with Gasteiger partial charge in [-0.05, 0) is 36.2 Å². The minimum absolute atomic E-state index is 0.115. The first kappa shape index (κ1) is 12.7. The summed E-state index contributed by atoms with van der Waals surface area (Å²) < 4.78 is 13.3. The smallest absolute Gasteiger partial charge is 0.233 e. The van der Waals surface area contributed by atoms with Gasteiger partial charge in [-0.2, -0.15) is 0 Å². The lowest BCUT2D eigenvalue weighted by Gasteiger charge is -2.13. The number of rotatable bonds is 2. The Balaban J connectivity index is 1.83. The van der Waals surface area contributed by atoms with E-state index in [0.717, 1.165) is 16.8 Å². The molecule has 1 aliphatic rings. The topological polar surface area (TPSA) is 41.1 Å². The van der Waals surface area contributed by atoms with Crippen LogP contribution in [0.1, 0.15) is 17.0 Å². The summed E-state index contributed by atoms with van der Waals surface area (Å²) in [5.74, 6) is -0.708. The molecule has 3 nitrogen and oxygen atoms in total. The van der Waals surface area contributed by atoms with Gasteiger partial charge in [0.15, 0.2) is 0 Å². The lowest BCUT2D eigenvalue weighted by molar-refractivity contribution is -0.117. The Morgan fingerprint density at radius 2 is 2.10 bits per heavy atom. The van der Waals surface area contributed by atoms with Crippen LogP contribution in [0.15, 0.2) is 42.5 Å². The van der Waals surface area contributed by atoms with Crippen LogP contribution in [0, 0.1) is 12.7 Å². The highest BCUT2D eigenvalue weighted by Gasteiger charge is 2.28. The SMILES string of the molecule is Cc1ccc(F)cc1NC(=O)C1CNc2ccccc21. The van der Waals surface area contributed by atoms with Gasteiger partial charge in [0.25, 0.3) is 0 Å². The largest absolute Gasteiger partial charge is 0.384 e. The second-order valence-electron chi connectivity index (χ2n) is 4.97. The zero-order valence-electron chi connectivity index (χ0n) is 11.1. The lowest BCUT2D eigenvalue weighted by atomic mass is 10.0. The summed E-state index contributed by atoms with van der Waals surface area (Å²) in [7, 11) is 0. The monoisotopic (exact) mass is 270 g/mol. The summed E-state index contributed by atoms with van der Waals surface area (Å²) in [6, 6.07) is 12.1. The fourth-order valence-corrected chi connectivity index (χ4v) is 2.47. The second-order valence-corrected chi connectivity index (χ2v) is 4.97. The predicted octanol–water partition coefficient (Wildman–Crippen LogP) is 3.28. The van der Waals surface area contributed by atoms with E-state index in [9.17, 15) is 9.18 Å². The fraction of sp³-hybridized carbons (Fsp3) is 0.188. The number of benzene rings is 2. The first-order valence-corrected chi connectivity index (χ1v) is 6.55. The molecular weight excluding hydrogens is 255 g/mol. The molecule has 2 N–H and O–H groups in total. The highest BCUT2D eigenvalue weighted by atomic mass is 19.1. The molecule has 0 spiro atoms. The zero-order chi connectivity index (χ0) is 14.1. The molecule has 0 radical (unpaired) electrons. The van der Waals surface area contributed by atoms with E-state index in [2.05, 4.69) is 10.6 Å². The van der Waals surface area contributed by atoms with Gasteiger partial charge >= 0.3 is 0 Å². The van der Waals surface area contributed by atoms with E-state index < -0.39 is 0 Å². The molecule has 2 aromatic rings. The second kappa shape index (κ2) is 4.96. The number of hydrogen-bond donors (Lipinski definition) is 2. The number of carbonyl (C=O) groups is 1. The van der Waals surface area contributed by atoms with Gasteiger partial charge in [-0.15, -0.1) is 0 Å². The Kier molecular flexibility index (Phi) is 3.14. The first-order valence-electron chi connectivity index (χ1n) is 6.55. The molecule has 0 fully saturated rings. The maximum Gasteiger partial charge on any atom is 0.233 e. The maximum atomic E-state index is 13.3. The minimum Gasteiger partial charge on any atom is -0.384 e. The summed E-state index contributed by atoms with van der Waals surface area (Å²) in [5.41, 5.74) is 3.35. The average molecular weight is 270 g/mol. The Labute approximate surface area is 116 Å². The van der Waals surface area contributed by atoms with Crippen molar-refractivity contribution in [1.82, 2.24) is 0 Å². The van der Waals surface area contributed by atoms with Gasteiger partial charge in [0, 0.05) is 17.9 Å². The van der Waals surface area contributed by atoms with Crippen molar-refractivity contribution >= 4 is 17.3 Å². The van der Waals surface area contributed by atoms with Crippen molar-refractivity contribution < 1.29 is 9.18 Å². The molecule has 1 amide bonds. The van der Waals surface area contributed by atoms with Crippen LogP contribution in [-0.4, -0.2) is 12.5 Å². The van der Waals surface area contributed by atoms with Gasteiger partial charge in [-0.25, -0.2) is 4.39 Å². The quantitative estimate of drug-likeness (QED) is 0.879. The molecular formula is C16H15FN2O. The molecule has 20 heavy (non-hydrogen) atoms. The summed E-state index contributed by atoms with van der Waals surface area (Å²) in [4.78, 5) is 12.4. The third-order valence-electron chi connectivity index (χ3n) is 3.61. The third kappa shape index (κ3) is 2.25. The Hall–Kier alpha value is -2.36. The molecule has 102 valence electrons. The number of halogens is 1. The molecule has 2 aromatic carbocycles. The number of fused-ring (bicyclic) bond motifs is 1. The van der Waals surface area contributed by atoms with Crippen molar-refractivity contribution in [1.29, 1.82) is 0 Å². The van der Waals surface area contributed by atoms with Gasteiger partial charge < -0.3 is 10.6 Å². The number of hydrogen-bond acceptors (Lipinski definition) is 2. The number of aryl methyl sites for hydroxylation is 1. The normalized spacial score (nSPS) is 16.4. The van der Waals surface area contributed by atoms with Crippen molar-refractivity contribution in [2.24, 2.45) is 0 Å². The average Bonchev–Trinajstić information content (AvgIpc) is 2.87. The van der Waals surface area contributed by atoms with Crippen LogP contribution in [0.4, 0.5) is 15.8 Å². The molecule has 0 aromatic heterocycles. The molecule has 0 saturated carbocycles. The molecule has 1 aliphatic heterocycles. The van der Waals surface area contributed by atoms with Crippen LogP contribution in [-0.2, 0) is 4.79 Å². The van der Waals surface area contributed by atoms with Gasteiger partial charge in [-0.3, -0.25) is 4.79 Å². The Morgan fingerprint density at radius 1 is 1.30 bits per heavy atom. The maximum absolute atomic E-state index is 13.3. The molecule has 0 aliphatic carbocycles. The first-order chi connectivity index (χ1) is 9.65. The van der Waals surface area contributed by atoms with Crippen molar-refractivity contribution in [3.63, 3.8) is 0 Å². The molecule has 0 bridgehead atoms.